The Morgan fingerprint density at radius 3 is 2.48 bits per heavy atom. The summed E-state index contributed by atoms with van der Waals surface area (Å²) in [5, 5.41) is 2.69. The van der Waals surface area contributed by atoms with Gasteiger partial charge in [0, 0.05) is 11.8 Å². The highest BCUT2D eigenvalue weighted by Crippen LogP contribution is 2.35. The van der Waals surface area contributed by atoms with Crippen LogP contribution in [0, 0.1) is 0 Å². The SMILES string of the molecule is CS(=O)(=O)N(CC(=O)Nc1ccc2c(c1)OCO2)c1ccccc1Oc1ccccc1. The minimum Gasteiger partial charge on any atom is -0.455 e. The van der Waals surface area contributed by atoms with E-state index in [0.717, 1.165) is 10.6 Å². The Morgan fingerprint density at radius 2 is 1.71 bits per heavy atom. The number of hydrogen-bond acceptors (Lipinski definition) is 6. The van der Waals surface area contributed by atoms with Crippen LogP contribution in [0.1, 0.15) is 0 Å². The second kappa shape index (κ2) is 8.57. The average Bonchev–Trinajstić information content (AvgIpc) is 3.20. The van der Waals surface area contributed by atoms with Crippen LogP contribution >= 0.6 is 0 Å². The summed E-state index contributed by atoms with van der Waals surface area (Å²) in [6.45, 7) is -0.310. The first-order chi connectivity index (χ1) is 14.9. The maximum Gasteiger partial charge on any atom is 0.245 e. The lowest BCUT2D eigenvalue weighted by Crippen LogP contribution is -2.37. The number of ether oxygens (including phenoxy) is 3. The molecule has 0 saturated carbocycles. The summed E-state index contributed by atoms with van der Waals surface area (Å²) in [6.07, 6.45) is 1.04. The Kier molecular flexibility index (Phi) is 5.68. The van der Waals surface area contributed by atoms with Crippen LogP contribution in [0.4, 0.5) is 11.4 Å². The Bertz CT molecular complexity index is 1200. The number of anilines is 2. The Labute approximate surface area is 180 Å². The van der Waals surface area contributed by atoms with Crippen molar-refractivity contribution in [3.05, 3.63) is 72.8 Å². The largest absolute Gasteiger partial charge is 0.455 e. The van der Waals surface area contributed by atoms with E-state index in [0.29, 0.717) is 28.7 Å². The lowest BCUT2D eigenvalue weighted by molar-refractivity contribution is -0.114. The predicted molar refractivity (Wildman–Crippen MR) is 116 cm³/mol. The molecular weight excluding hydrogens is 420 g/mol. The van der Waals surface area contributed by atoms with Crippen LogP contribution < -0.4 is 23.8 Å². The van der Waals surface area contributed by atoms with Gasteiger partial charge in [0.05, 0.1) is 11.9 Å². The quantitative estimate of drug-likeness (QED) is 0.603. The number of hydrogen-bond donors (Lipinski definition) is 1. The zero-order valence-electron chi connectivity index (χ0n) is 16.6. The molecule has 0 saturated heterocycles. The van der Waals surface area contributed by atoms with E-state index in [1.165, 1.54) is 0 Å². The van der Waals surface area contributed by atoms with Gasteiger partial charge in [0.25, 0.3) is 0 Å². The van der Waals surface area contributed by atoms with E-state index in [2.05, 4.69) is 5.32 Å². The summed E-state index contributed by atoms with van der Waals surface area (Å²) < 4.78 is 42.5. The number of benzene rings is 3. The van der Waals surface area contributed by atoms with Crippen molar-refractivity contribution in [1.82, 2.24) is 0 Å². The lowest BCUT2D eigenvalue weighted by Gasteiger charge is -2.24. The molecule has 31 heavy (non-hydrogen) atoms. The third-order valence-electron chi connectivity index (χ3n) is 4.45. The van der Waals surface area contributed by atoms with Gasteiger partial charge in [-0.3, -0.25) is 9.10 Å². The van der Waals surface area contributed by atoms with Gasteiger partial charge in [-0.15, -0.1) is 0 Å². The van der Waals surface area contributed by atoms with Gasteiger partial charge >= 0.3 is 0 Å². The number of rotatable bonds is 7. The summed E-state index contributed by atoms with van der Waals surface area (Å²) in [6, 6.07) is 20.6. The van der Waals surface area contributed by atoms with Gasteiger partial charge in [0.1, 0.15) is 12.3 Å². The molecular formula is C22H20N2O6S. The highest BCUT2D eigenvalue weighted by molar-refractivity contribution is 7.92. The molecule has 0 unspecified atom stereocenters. The molecule has 8 nitrogen and oxygen atoms in total. The van der Waals surface area contributed by atoms with E-state index in [-0.39, 0.29) is 12.5 Å². The monoisotopic (exact) mass is 440 g/mol. The van der Waals surface area contributed by atoms with Crippen molar-refractivity contribution in [3.8, 4) is 23.0 Å². The number of fused-ring (bicyclic) bond motifs is 1. The first-order valence-electron chi connectivity index (χ1n) is 9.39. The van der Waals surface area contributed by atoms with E-state index >= 15 is 0 Å². The fraction of sp³-hybridized carbons (Fsp3) is 0.136. The van der Waals surface area contributed by atoms with Crippen molar-refractivity contribution < 1.29 is 27.4 Å². The number of carbonyl (C=O) groups excluding carboxylic acids is 1. The van der Waals surface area contributed by atoms with Crippen molar-refractivity contribution in [2.75, 3.05) is 29.2 Å². The normalized spacial score (nSPS) is 12.3. The minimum atomic E-state index is -3.78. The van der Waals surface area contributed by atoms with Crippen molar-refractivity contribution >= 4 is 27.3 Å². The molecule has 9 heteroatoms. The molecule has 0 aromatic heterocycles. The van der Waals surface area contributed by atoms with Crippen LogP contribution in [-0.4, -0.2) is 33.9 Å². The highest BCUT2D eigenvalue weighted by Gasteiger charge is 2.24. The van der Waals surface area contributed by atoms with Crippen molar-refractivity contribution in [3.63, 3.8) is 0 Å². The number of sulfonamides is 1. The lowest BCUT2D eigenvalue weighted by atomic mass is 10.2. The van der Waals surface area contributed by atoms with Crippen LogP contribution in [-0.2, 0) is 14.8 Å². The maximum absolute atomic E-state index is 12.7. The molecule has 3 aromatic carbocycles. The number of carbonyl (C=O) groups is 1. The second-order valence-electron chi connectivity index (χ2n) is 6.77. The van der Waals surface area contributed by atoms with Crippen molar-refractivity contribution in [1.29, 1.82) is 0 Å². The molecule has 0 aliphatic carbocycles. The standard InChI is InChI=1S/C22H20N2O6S/c1-31(26,27)24(14-22(25)23-16-11-12-20-21(13-16)29-15-28-20)18-9-5-6-10-19(18)30-17-7-3-2-4-8-17/h2-13H,14-15H2,1H3,(H,23,25). The third kappa shape index (κ3) is 4.89. The molecule has 1 heterocycles. The van der Waals surface area contributed by atoms with Gasteiger partial charge in [-0.25, -0.2) is 8.42 Å². The fourth-order valence-corrected chi connectivity index (χ4v) is 3.91. The summed E-state index contributed by atoms with van der Waals surface area (Å²) in [4.78, 5) is 12.7. The molecule has 1 aliphatic rings. The van der Waals surface area contributed by atoms with Crippen LogP contribution in [0.15, 0.2) is 72.8 Å². The zero-order chi connectivity index (χ0) is 21.8. The van der Waals surface area contributed by atoms with E-state index < -0.39 is 22.5 Å². The van der Waals surface area contributed by atoms with E-state index in [1.807, 2.05) is 18.2 Å². The summed E-state index contributed by atoms with van der Waals surface area (Å²) in [5.41, 5.74) is 0.728. The van der Waals surface area contributed by atoms with Gasteiger partial charge in [-0.2, -0.15) is 0 Å². The molecule has 0 atom stereocenters. The molecule has 0 fully saturated rings. The molecule has 4 rings (SSSR count). The summed E-state index contributed by atoms with van der Waals surface area (Å²) in [5.74, 6) is 1.45. The Hall–Kier alpha value is -3.72. The predicted octanol–water partition coefficient (Wildman–Crippen LogP) is 3.61. The van der Waals surface area contributed by atoms with Crippen molar-refractivity contribution in [2.45, 2.75) is 0 Å². The van der Waals surface area contributed by atoms with Gasteiger partial charge < -0.3 is 19.5 Å². The molecule has 1 aliphatic heterocycles. The van der Waals surface area contributed by atoms with Crippen molar-refractivity contribution in [2.24, 2.45) is 0 Å². The van der Waals surface area contributed by atoms with Gasteiger partial charge in [0.15, 0.2) is 17.2 Å². The van der Waals surface area contributed by atoms with Crippen LogP contribution in [0.5, 0.6) is 23.0 Å². The van der Waals surface area contributed by atoms with E-state index in [1.54, 1.807) is 54.6 Å². The topological polar surface area (TPSA) is 94.2 Å². The maximum atomic E-state index is 12.7. The van der Waals surface area contributed by atoms with Crippen LogP contribution in [0.25, 0.3) is 0 Å². The van der Waals surface area contributed by atoms with Crippen LogP contribution in [0.3, 0.4) is 0 Å². The smallest absolute Gasteiger partial charge is 0.245 e. The Balaban J connectivity index is 1.56. The Morgan fingerprint density at radius 1 is 1.00 bits per heavy atom. The molecule has 1 N–H and O–H groups in total. The third-order valence-corrected chi connectivity index (χ3v) is 5.58. The van der Waals surface area contributed by atoms with Gasteiger partial charge in [0.2, 0.25) is 22.7 Å². The summed E-state index contributed by atoms with van der Waals surface area (Å²) >= 11 is 0. The molecule has 0 spiro atoms. The van der Waals surface area contributed by atoms with Crippen LogP contribution in [0.2, 0.25) is 0 Å². The first kappa shape index (κ1) is 20.5. The van der Waals surface area contributed by atoms with E-state index in [4.69, 9.17) is 14.2 Å². The van der Waals surface area contributed by atoms with Gasteiger partial charge in [-0.05, 0) is 36.4 Å². The molecule has 3 aromatic rings. The first-order valence-corrected chi connectivity index (χ1v) is 11.2. The van der Waals surface area contributed by atoms with Gasteiger partial charge in [-0.1, -0.05) is 30.3 Å². The number of para-hydroxylation sites is 3. The van der Waals surface area contributed by atoms with E-state index in [9.17, 15) is 13.2 Å². The molecule has 1 amide bonds. The zero-order valence-corrected chi connectivity index (χ0v) is 17.5. The minimum absolute atomic E-state index is 0.118. The fourth-order valence-electron chi connectivity index (χ4n) is 3.05. The average molecular weight is 440 g/mol. The summed E-state index contributed by atoms with van der Waals surface area (Å²) in [7, 11) is -3.78. The molecule has 0 radical (unpaired) electrons. The number of nitrogens with zero attached hydrogens (tertiary/aromatic N) is 1. The second-order valence-corrected chi connectivity index (χ2v) is 8.68. The molecule has 160 valence electrons. The number of amides is 1. The molecule has 0 bridgehead atoms. The number of nitrogens with one attached hydrogen (secondary N) is 1. The highest BCUT2D eigenvalue weighted by atomic mass is 32.2.